The maximum absolute atomic E-state index is 4.49. The largest absolute Gasteiger partial charge is 0.367 e. The number of rotatable bonds is 4. The zero-order chi connectivity index (χ0) is 13.2. The summed E-state index contributed by atoms with van der Waals surface area (Å²) in [7, 11) is 0. The van der Waals surface area contributed by atoms with E-state index in [1.165, 1.54) is 0 Å². The molecule has 3 heterocycles. The van der Waals surface area contributed by atoms with Crippen molar-refractivity contribution in [3.63, 3.8) is 0 Å². The topological polar surface area (TPSA) is 50.7 Å². The summed E-state index contributed by atoms with van der Waals surface area (Å²) >= 11 is 3.33. The molecule has 3 aromatic rings. The quantitative estimate of drug-likeness (QED) is 0.799. The summed E-state index contributed by atoms with van der Waals surface area (Å²) in [6.45, 7) is 4.18. The van der Waals surface area contributed by atoms with Crippen molar-refractivity contribution in [2.45, 2.75) is 26.3 Å². The molecule has 0 bridgehead atoms. The van der Waals surface area contributed by atoms with E-state index < -0.39 is 0 Å². The number of hydrogen-bond donors (Lipinski definition) is 1. The third-order valence-corrected chi connectivity index (χ3v) is 4.47. The molecule has 98 valence electrons. The second kappa shape index (κ2) is 5.22. The van der Waals surface area contributed by atoms with Crippen LogP contribution in [0.25, 0.3) is 10.2 Å². The lowest BCUT2D eigenvalue weighted by Gasteiger charge is -2.13. The van der Waals surface area contributed by atoms with E-state index in [0.717, 1.165) is 33.2 Å². The minimum atomic E-state index is 0.291. The van der Waals surface area contributed by atoms with Gasteiger partial charge < -0.3 is 5.32 Å². The van der Waals surface area contributed by atoms with Crippen LogP contribution in [0.5, 0.6) is 0 Å². The number of aryl methyl sites for hydroxylation is 1. The maximum Gasteiger partial charge on any atom is 0.138 e. The Labute approximate surface area is 119 Å². The zero-order valence-electron chi connectivity index (χ0n) is 10.8. The number of fused-ring (bicyclic) bond motifs is 1. The summed E-state index contributed by atoms with van der Waals surface area (Å²) in [5.41, 5.74) is 1.14. The average Bonchev–Trinajstić information content (AvgIpc) is 2.98. The number of nitrogens with one attached hydrogen (secondary N) is 1. The summed E-state index contributed by atoms with van der Waals surface area (Å²) in [5.74, 6) is 0.908. The third-order valence-electron chi connectivity index (χ3n) is 2.83. The number of thiophene rings is 1. The molecule has 0 saturated heterocycles. The van der Waals surface area contributed by atoms with E-state index in [4.69, 9.17) is 0 Å². The van der Waals surface area contributed by atoms with Gasteiger partial charge in [-0.05, 0) is 25.3 Å². The van der Waals surface area contributed by atoms with Crippen molar-refractivity contribution in [1.29, 1.82) is 0 Å². The van der Waals surface area contributed by atoms with E-state index in [1.54, 1.807) is 29.0 Å². The second-order valence-electron chi connectivity index (χ2n) is 4.47. The normalized spacial score (nSPS) is 12.7. The maximum atomic E-state index is 4.49. The van der Waals surface area contributed by atoms with Gasteiger partial charge in [-0.3, -0.25) is 0 Å². The van der Waals surface area contributed by atoms with Crippen LogP contribution in [-0.4, -0.2) is 21.0 Å². The van der Waals surface area contributed by atoms with Crippen LogP contribution in [0, 0.1) is 6.92 Å². The Morgan fingerprint density at radius 1 is 1.32 bits per heavy atom. The van der Waals surface area contributed by atoms with Gasteiger partial charge in [0.05, 0.1) is 16.1 Å². The standard InChI is InChI=1S/C13H14N4S2/c1-8(5-10-6-19-9(2)17-10)16-12-11-3-4-18-13(11)15-7-14-12/h3-4,6-8H,5H2,1-2H3,(H,14,15,16). The second-order valence-corrected chi connectivity index (χ2v) is 6.43. The van der Waals surface area contributed by atoms with Crippen molar-refractivity contribution >= 4 is 38.7 Å². The third kappa shape index (κ3) is 2.74. The molecule has 0 spiro atoms. The van der Waals surface area contributed by atoms with Crippen LogP contribution in [0.15, 0.2) is 23.2 Å². The van der Waals surface area contributed by atoms with Crippen molar-refractivity contribution in [2.24, 2.45) is 0 Å². The number of thiazole rings is 1. The summed E-state index contributed by atoms with van der Waals surface area (Å²) in [5, 5.41) is 9.82. The Kier molecular flexibility index (Phi) is 3.44. The fraction of sp³-hybridized carbons (Fsp3) is 0.308. The highest BCUT2D eigenvalue weighted by Gasteiger charge is 2.10. The molecule has 0 amide bonds. The Morgan fingerprint density at radius 2 is 2.21 bits per heavy atom. The van der Waals surface area contributed by atoms with Gasteiger partial charge in [0.2, 0.25) is 0 Å². The van der Waals surface area contributed by atoms with E-state index in [9.17, 15) is 0 Å². The van der Waals surface area contributed by atoms with Crippen molar-refractivity contribution < 1.29 is 0 Å². The molecule has 0 aliphatic rings. The van der Waals surface area contributed by atoms with Gasteiger partial charge >= 0.3 is 0 Å². The molecular formula is C13H14N4S2. The lowest BCUT2D eigenvalue weighted by molar-refractivity contribution is 0.769. The fourth-order valence-electron chi connectivity index (χ4n) is 2.01. The average molecular weight is 290 g/mol. The molecule has 0 radical (unpaired) electrons. The van der Waals surface area contributed by atoms with Crippen LogP contribution in [0.4, 0.5) is 5.82 Å². The fourth-order valence-corrected chi connectivity index (χ4v) is 3.36. The van der Waals surface area contributed by atoms with Gasteiger partial charge in [-0.25, -0.2) is 15.0 Å². The minimum absolute atomic E-state index is 0.291. The van der Waals surface area contributed by atoms with Gasteiger partial charge in [-0.15, -0.1) is 22.7 Å². The van der Waals surface area contributed by atoms with Crippen molar-refractivity contribution in [3.05, 3.63) is 33.9 Å². The molecule has 0 aliphatic heterocycles. The summed E-state index contributed by atoms with van der Waals surface area (Å²) in [6.07, 6.45) is 2.51. The summed E-state index contributed by atoms with van der Waals surface area (Å²) in [6, 6.07) is 2.35. The van der Waals surface area contributed by atoms with Crippen LogP contribution in [-0.2, 0) is 6.42 Å². The van der Waals surface area contributed by atoms with E-state index in [1.807, 2.05) is 12.3 Å². The van der Waals surface area contributed by atoms with E-state index in [0.29, 0.717) is 6.04 Å². The minimum Gasteiger partial charge on any atom is -0.367 e. The van der Waals surface area contributed by atoms with Gasteiger partial charge in [-0.1, -0.05) is 0 Å². The predicted octanol–water partition coefficient (Wildman–Crippen LogP) is 3.50. The van der Waals surface area contributed by atoms with Gasteiger partial charge in [0, 0.05) is 17.8 Å². The van der Waals surface area contributed by atoms with E-state index in [-0.39, 0.29) is 0 Å². The van der Waals surface area contributed by atoms with E-state index in [2.05, 4.69) is 38.6 Å². The van der Waals surface area contributed by atoms with Gasteiger partial charge in [0.15, 0.2) is 0 Å². The highest BCUT2D eigenvalue weighted by molar-refractivity contribution is 7.16. The first-order chi connectivity index (χ1) is 9.22. The summed E-state index contributed by atoms with van der Waals surface area (Å²) < 4.78 is 0. The molecule has 0 saturated carbocycles. The lowest BCUT2D eigenvalue weighted by atomic mass is 10.2. The van der Waals surface area contributed by atoms with Crippen LogP contribution in [0.2, 0.25) is 0 Å². The highest BCUT2D eigenvalue weighted by Crippen LogP contribution is 2.24. The molecule has 0 aromatic carbocycles. The van der Waals surface area contributed by atoms with Crippen molar-refractivity contribution in [1.82, 2.24) is 15.0 Å². The SMILES string of the molecule is Cc1nc(CC(C)Nc2ncnc3sccc23)cs1. The number of anilines is 1. The van der Waals surface area contributed by atoms with Crippen LogP contribution in [0.1, 0.15) is 17.6 Å². The highest BCUT2D eigenvalue weighted by atomic mass is 32.1. The van der Waals surface area contributed by atoms with Crippen molar-refractivity contribution in [2.75, 3.05) is 5.32 Å². The zero-order valence-corrected chi connectivity index (χ0v) is 12.4. The molecule has 4 nitrogen and oxygen atoms in total. The van der Waals surface area contributed by atoms with Crippen LogP contribution in [0.3, 0.4) is 0 Å². The van der Waals surface area contributed by atoms with Crippen molar-refractivity contribution in [3.8, 4) is 0 Å². The number of aromatic nitrogens is 3. The molecule has 1 N–H and O–H groups in total. The molecule has 0 aliphatic carbocycles. The molecule has 6 heteroatoms. The smallest absolute Gasteiger partial charge is 0.138 e. The molecule has 0 fully saturated rings. The summed E-state index contributed by atoms with van der Waals surface area (Å²) in [4.78, 5) is 14.1. The van der Waals surface area contributed by atoms with Crippen LogP contribution >= 0.6 is 22.7 Å². The number of hydrogen-bond acceptors (Lipinski definition) is 6. The van der Waals surface area contributed by atoms with Crippen LogP contribution < -0.4 is 5.32 Å². The number of nitrogens with zero attached hydrogens (tertiary/aromatic N) is 3. The predicted molar refractivity (Wildman–Crippen MR) is 81.1 cm³/mol. The monoisotopic (exact) mass is 290 g/mol. The van der Waals surface area contributed by atoms with Gasteiger partial charge in [0.25, 0.3) is 0 Å². The van der Waals surface area contributed by atoms with Gasteiger partial charge in [0.1, 0.15) is 17.0 Å². The molecular weight excluding hydrogens is 276 g/mol. The molecule has 19 heavy (non-hydrogen) atoms. The first kappa shape index (κ1) is 12.5. The van der Waals surface area contributed by atoms with Gasteiger partial charge in [-0.2, -0.15) is 0 Å². The molecule has 1 atom stereocenters. The Balaban J connectivity index is 1.75. The lowest BCUT2D eigenvalue weighted by Crippen LogP contribution is -2.19. The Hall–Kier alpha value is -1.53. The first-order valence-corrected chi connectivity index (χ1v) is 7.84. The molecule has 3 aromatic heterocycles. The first-order valence-electron chi connectivity index (χ1n) is 6.08. The molecule has 1 unspecified atom stereocenters. The van der Waals surface area contributed by atoms with E-state index >= 15 is 0 Å². The Morgan fingerprint density at radius 3 is 3.00 bits per heavy atom. The molecule has 3 rings (SSSR count). The Bertz CT molecular complexity index is 689.